The van der Waals surface area contributed by atoms with Crippen molar-refractivity contribution in [3.05, 3.63) is 35.9 Å². The van der Waals surface area contributed by atoms with Crippen LogP contribution in [-0.2, 0) is 20.2 Å². The molecule has 2 rings (SSSR count). The predicted molar refractivity (Wildman–Crippen MR) is 71.5 cm³/mol. The third kappa shape index (κ3) is 3.21. The summed E-state index contributed by atoms with van der Waals surface area (Å²) in [4.78, 5) is 2.13. The fourth-order valence-corrected chi connectivity index (χ4v) is 4.05. The summed E-state index contributed by atoms with van der Waals surface area (Å²) in [5.41, 5.74) is 1.22. The molecular weight excluding hydrogens is 249 g/mol. The Bertz CT molecular complexity index is 414. The van der Waals surface area contributed by atoms with Crippen molar-refractivity contribution in [3.8, 4) is 0 Å². The summed E-state index contributed by atoms with van der Waals surface area (Å²) in [7, 11) is -2.95. The van der Waals surface area contributed by atoms with E-state index >= 15 is 0 Å². The SMILES string of the molecule is CCOP(=O)(OCC)C1CN1Cc1ccccc1. The van der Waals surface area contributed by atoms with E-state index in [0.29, 0.717) is 13.2 Å². The Labute approximate surface area is 108 Å². The molecule has 100 valence electrons. The molecule has 2 unspecified atom stereocenters. The van der Waals surface area contributed by atoms with Crippen LogP contribution in [0.2, 0.25) is 0 Å². The average molecular weight is 269 g/mol. The molecule has 1 saturated heterocycles. The highest BCUT2D eigenvalue weighted by Crippen LogP contribution is 2.59. The standard InChI is InChI=1S/C13H20NO3P/c1-3-16-18(15,17-4-2)13-11-14(13)10-12-8-6-5-7-9-12/h5-9,13H,3-4,10-11H2,1-2H3. The highest BCUT2D eigenvalue weighted by Gasteiger charge is 2.50. The zero-order valence-corrected chi connectivity index (χ0v) is 11.8. The lowest BCUT2D eigenvalue weighted by molar-refractivity contribution is 0.214. The van der Waals surface area contributed by atoms with Gasteiger partial charge in [-0.3, -0.25) is 9.46 Å². The van der Waals surface area contributed by atoms with Crippen LogP contribution >= 0.6 is 7.60 Å². The Morgan fingerprint density at radius 3 is 2.39 bits per heavy atom. The molecule has 0 N–H and O–H groups in total. The first kappa shape index (κ1) is 13.8. The molecule has 5 heteroatoms. The van der Waals surface area contributed by atoms with E-state index in [0.717, 1.165) is 13.1 Å². The zero-order chi connectivity index (χ0) is 13.0. The van der Waals surface area contributed by atoms with Gasteiger partial charge in [-0.05, 0) is 19.4 Å². The Hall–Kier alpha value is -0.670. The van der Waals surface area contributed by atoms with E-state index in [4.69, 9.17) is 9.05 Å². The molecule has 0 amide bonds. The molecular formula is C13H20NO3P. The monoisotopic (exact) mass is 269 g/mol. The van der Waals surface area contributed by atoms with Gasteiger partial charge in [-0.1, -0.05) is 30.3 Å². The van der Waals surface area contributed by atoms with E-state index in [1.54, 1.807) is 0 Å². The molecule has 0 bridgehead atoms. The molecule has 1 heterocycles. The van der Waals surface area contributed by atoms with Crippen LogP contribution < -0.4 is 0 Å². The van der Waals surface area contributed by atoms with E-state index in [-0.39, 0.29) is 5.78 Å². The Kier molecular flexibility index (Phi) is 4.57. The van der Waals surface area contributed by atoms with Crippen LogP contribution in [0.1, 0.15) is 19.4 Å². The first-order valence-corrected chi connectivity index (χ1v) is 7.97. The molecule has 4 nitrogen and oxygen atoms in total. The van der Waals surface area contributed by atoms with E-state index < -0.39 is 7.60 Å². The second-order valence-corrected chi connectivity index (χ2v) is 6.46. The van der Waals surface area contributed by atoms with Gasteiger partial charge in [0.2, 0.25) is 0 Å². The molecule has 1 aromatic carbocycles. The van der Waals surface area contributed by atoms with Gasteiger partial charge >= 0.3 is 7.60 Å². The first-order valence-electron chi connectivity index (χ1n) is 6.36. The summed E-state index contributed by atoms with van der Waals surface area (Å²) in [6, 6.07) is 10.2. The first-order chi connectivity index (χ1) is 8.69. The fourth-order valence-electron chi connectivity index (χ4n) is 2.02. The minimum Gasteiger partial charge on any atom is -0.308 e. The normalized spacial score (nSPS) is 23.0. The highest BCUT2D eigenvalue weighted by molar-refractivity contribution is 7.55. The van der Waals surface area contributed by atoms with Crippen LogP contribution in [0.15, 0.2) is 30.3 Å². The number of nitrogens with zero attached hydrogens (tertiary/aromatic N) is 1. The van der Waals surface area contributed by atoms with Crippen molar-refractivity contribution in [1.82, 2.24) is 4.90 Å². The molecule has 18 heavy (non-hydrogen) atoms. The van der Waals surface area contributed by atoms with Gasteiger partial charge in [0, 0.05) is 13.1 Å². The second-order valence-electron chi connectivity index (χ2n) is 4.27. The Balaban J connectivity index is 1.95. The molecule has 1 aromatic rings. The maximum absolute atomic E-state index is 12.5. The van der Waals surface area contributed by atoms with Crippen molar-refractivity contribution in [2.24, 2.45) is 0 Å². The topological polar surface area (TPSA) is 38.5 Å². The summed E-state index contributed by atoms with van der Waals surface area (Å²) >= 11 is 0. The van der Waals surface area contributed by atoms with Crippen LogP contribution in [-0.4, -0.2) is 30.4 Å². The van der Waals surface area contributed by atoms with Crippen LogP contribution in [0.5, 0.6) is 0 Å². The number of rotatable bonds is 7. The van der Waals surface area contributed by atoms with Crippen molar-refractivity contribution in [2.45, 2.75) is 26.2 Å². The van der Waals surface area contributed by atoms with Crippen LogP contribution in [0.4, 0.5) is 0 Å². The van der Waals surface area contributed by atoms with Crippen molar-refractivity contribution in [3.63, 3.8) is 0 Å². The van der Waals surface area contributed by atoms with E-state index in [1.165, 1.54) is 5.56 Å². The fraction of sp³-hybridized carbons (Fsp3) is 0.538. The lowest BCUT2D eigenvalue weighted by Gasteiger charge is -2.16. The van der Waals surface area contributed by atoms with Crippen molar-refractivity contribution < 1.29 is 13.6 Å². The molecule has 2 atom stereocenters. The van der Waals surface area contributed by atoms with E-state index in [2.05, 4.69) is 17.0 Å². The van der Waals surface area contributed by atoms with Crippen LogP contribution in [0, 0.1) is 0 Å². The molecule has 1 fully saturated rings. The summed E-state index contributed by atoms with van der Waals surface area (Å²) in [5.74, 6) is -0.0717. The van der Waals surface area contributed by atoms with Gasteiger partial charge in [-0.25, -0.2) is 0 Å². The molecule has 0 aromatic heterocycles. The van der Waals surface area contributed by atoms with Crippen LogP contribution in [0.25, 0.3) is 0 Å². The maximum atomic E-state index is 12.5. The summed E-state index contributed by atoms with van der Waals surface area (Å²) in [6.07, 6.45) is 0. The average Bonchev–Trinajstić information content (AvgIpc) is 3.11. The van der Waals surface area contributed by atoms with Gasteiger partial charge < -0.3 is 9.05 Å². The molecule has 0 spiro atoms. The molecule has 0 aliphatic carbocycles. The van der Waals surface area contributed by atoms with Gasteiger partial charge in [-0.2, -0.15) is 0 Å². The largest absolute Gasteiger partial charge is 0.348 e. The number of benzene rings is 1. The minimum atomic E-state index is -2.95. The van der Waals surface area contributed by atoms with E-state index in [1.807, 2.05) is 32.0 Å². The van der Waals surface area contributed by atoms with Gasteiger partial charge in [0.1, 0.15) is 5.78 Å². The molecule has 1 aliphatic rings. The smallest absolute Gasteiger partial charge is 0.308 e. The Morgan fingerprint density at radius 2 is 1.83 bits per heavy atom. The zero-order valence-electron chi connectivity index (χ0n) is 10.9. The van der Waals surface area contributed by atoms with Gasteiger partial charge in [0.15, 0.2) is 0 Å². The summed E-state index contributed by atoms with van der Waals surface area (Å²) in [5, 5.41) is 0. The van der Waals surface area contributed by atoms with Crippen LogP contribution in [0.3, 0.4) is 0 Å². The van der Waals surface area contributed by atoms with Crippen molar-refractivity contribution in [2.75, 3.05) is 19.8 Å². The maximum Gasteiger partial charge on any atom is 0.348 e. The van der Waals surface area contributed by atoms with Gasteiger partial charge in [-0.15, -0.1) is 0 Å². The van der Waals surface area contributed by atoms with Gasteiger partial charge in [0.25, 0.3) is 0 Å². The van der Waals surface area contributed by atoms with Crippen molar-refractivity contribution in [1.29, 1.82) is 0 Å². The molecule has 0 radical (unpaired) electrons. The van der Waals surface area contributed by atoms with Gasteiger partial charge in [0.05, 0.1) is 13.2 Å². The third-order valence-electron chi connectivity index (χ3n) is 2.90. The molecule has 1 aliphatic heterocycles. The number of hydrogen-bond donors (Lipinski definition) is 0. The minimum absolute atomic E-state index is 0.0717. The lowest BCUT2D eigenvalue weighted by atomic mass is 10.2. The summed E-state index contributed by atoms with van der Waals surface area (Å²) < 4.78 is 23.2. The second kappa shape index (κ2) is 5.98. The van der Waals surface area contributed by atoms with Crippen molar-refractivity contribution >= 4 is 7.60 Å². The van der Waals surface area contributed by atoms with E-state index in [9.17, 15) is 4.57 Å². The molecule has 0 saturated carbocycles. The third-order valence-corrected chi connectivity index (χ3v) is 5.35. The number of hydrogen-bond acceptors (Lipinski definition) is 4. The predicted octanol–water partition coefficient (Wildman–Crippen LogP) is 3.09. The quantitative estimate of drug-likeness (QED) is 0.563. The lowest BCUT2D eigenvalue weighted by Crippen LogP contribution is -2.07. The highest BCUT2D eigenvalue weighted by atomic mass is 31.2. The Morgan fingerprint density at radius 1 is 1.22 bits per heavy atom. The summed E-state index contributed by atoms with van der Waals surface area (Å²) in [6.45, 7) is 6.12.